The molecule has 146 valence electrons. The molecule has 0 unspecified atom stereocenters. The zero-order valence-electron chi connectivity index (χ0n) is 14.0. The average molecular weight is 450 g/mol. The highest BCUT2D eigenvalue weighted by Crippen LogP contribution is 2.39. The summed E-state index contributed by atoms with van der Waals surface area (Å²) < 4.78 is 39.0. The van der Waals surface area contributed by atoms with E-state index >= 15 is 0 Å². The van der Waals surface area contributed by atoms with Gasteiger partial charge in [0.15, 0.2) is 0 Å². The van der Waals surface area contributed by atoms with Gasteiger partial charge in [0.25, 0.3) is 11.8 Å². The molecule has 1 heterocycles. The van der Waals surface area contributed by atoms with Crippen LogP contribution in [0.15, 0.2) is 47.1 Å². The van der Waals surface area contributed by atoms with Crippen LogP contribution in [0.1, 0.15) is 11.1 Å². The molecule has 0 aromatic heterocycles. The predicted molar refractivity (Wildman–Crippen MR) is 102 cm³/mol. The van der Waals surface area contributed by atoms with Gasteiger partial charge in [-0.2, -0.15) is 13.2 Å². The molecule has 10 heteroatoms. The standard InChI is InChI=1S/C18H10Cl3F3N2O2/c1-8-6-10(19)3-5-12(8)25-15-14(21)16(27)26(17(15)28)13-7-9(18(22,23)24)2-4-11(13)20/h2-7,25H,1H3. The van der Waals surface area contributed by atoms with Crippen molar-refractivity contribution < 1.29 is 22.8 Å². The van der Waals surface area contributed by atoms with E-state index in [0.717, 1.165) is 12.1 Å². The van der Waals surface area contributed by atoms with E-state index in [1.807, 2.05) is 0 Å². The van der Waals surface area contributed by atoms with Crippen LogP contribution >= 0.6 is 34.8 Å². The number of rotatable bonds is 3. The number of hydrogen-bond donors (Lipinski definition) is 1. The van der Waals surface area contributed by atoms with E-state index in [2.05, 4.69) is 5.32 Å². The third-order valence-electron chi connectivity index (χ3n) is 3.99. The summed E-state index contributed by atoms with van der Waals surface area (Å²) in [6, 6.07) is 7.10. The Labute approximate surface area is 172 Å². The molecule has 1 aliphatic rings. The molecule has 0 bridgehead atoms. The summed E-state index contributed by atoms with van der Waals surface area (Å²) in [4.78, 5) is 25.7. The molecule has 28 heavy (non-hydrogen) atoms. The minimum Gasteiger partial charge on any atom is -0.349 e. The van der Waals surface area contributed by atoms with Crippen molar-refractivity contribution in [1.82, 2.24) is 0 Å². The van der Waals surface area contributed by atoms with Crippen LogP contribution in [-0.4, -0.2) is 11.8 Å². The van der Waals surface area contributed by atoms with Crippen molar-refractivity contribution in [2.75, 3.05) is 10.2 Å². The lowest BCUT2D eigenvalue weighted by Gasteiger charge is -2.18. The number of benzene rings is 2. The second-order valence-electron chi connectivity index (χ2n) is 5.88. The molecule has 2 aromatic carbocycles. The van der Waals surface area contributed by atoms with E-state index < -0.39 is 34.3 Å². The van der Waals surface area contributed by atoms with E-state index in [9.17, 15) is 22.8 Å². The summed E-state index contributed by atoms with van der Waals surface area (Å²) in [6.45, 7) is 1.71. The second kappa shape index (κ2) is 7.31. The largest absolute Gasteiger partial charge is 0.416 e. The van der Waals surface area contributed by atoms with Gasteiger partial charge in [0.1, 0.15) is 10.7 Å². The van der Waals surface area contributed by atoms with Crippen LogP contribution in [0.5, 0.6) is 0 Å². The van der Waals surface area contributed by atoms with Gasteiger partial charge in [-0.15, -0.1) is 0 Å². The van der Waals surface area contributed by atoms with Crippen LogP contribution < -0.4 is 10.2 Å². The molecule has 0 saturated heterocycles. The number of nitrogens with one attached hydrogen (secondary N) is 1. The van der Waals surface area contributed by atoms with Gasteiger partial charge in [0.05, 0.1) is 16.3 Å². The molecule has 2 amide bonds. The normalized spacial score (nSPS) is 14.9. The SMILES string of the molecule is Cc1cc(Cl)ccc1NC1=C(Cl)C(=O)N(c2cc(C(F)(F)F)ccc2Cl)C1=O. The Hall–Kier alpha value is -2.22. The van der Waals surface area contributed by atoms with Gasteiger partial charge in [-0.1, -0.05) is 34.8 Å². The molecular weight excluding hydrogens is 440 g/mol. The Morgan fingerprint density at radius 1 is 0.964 bits per heavy atom. The maximum Gasteiger partial charge on any atom is 0.416 e. The molecule has 0 saturated carbocycles. The molecular formula is C18H10Cl3F3N2O2. The number of anilines is 2. The number of aryl methyl sites for hydroxylation is 1. The van der Waals surface area contributed by atoms with Crippen LogP contribution in [0.2, 0.25) is 10.0 Å². The Morgan fingerprint density at radius 2 is 1.64 bits per heavy atom. The lowest BCUT2D eigenvalue weighted by Crippen LogP contribution is -2.32. The first kappa shape index (κ1) is 20.5. The van der Waals surface area contributed by atoms with E-state index in [4.69, 9.17) is 34.8 Å². The lowest BCUT2D eigenvalue weighted by molar-refractivity contribution is -0.137. The third-order valence-corrected chi connectivity index (χ3v) is 4.90. The topological polar surface area (TPSA) is 49.4 Å². The van der Waals surface area contributed by atoms with Crippen LogP contribution in [0, 0.1) is 6.92 Å². The lowest BCUT2D eigenvalue weighted by atomic mass is 10.1. The molecule has 3 rings (SSSR count). The minimum atomic E-state index is -4.68. The number of alkyl halides is 3. The molecule has 1 aliphatic heterocycles. The number of carbonyl (C=O) groups excluding carboxylic acids is 2. The van der Waals surface area contributed by atoms with Gasteiger partial charge in [-0.25, -0.2) is 4.90 Å². The summed E-state index contributed by atoms with van der Waals surface area (Å²) in [7, 11) is 0. The van der Waals surface area contributed by atoms with E-state index in [1.54, 1.807) is 25.1 Å². The number of nitrogens with zero attached hydrogens (tertiary/aromatic N) is 1. The number of imide groups is 1. The summed E-state index contributed by atoms with van der Waals surface area (Å²) in [5.41, 5.74) is -0.616. The fourth-order valence-electron chi connectivity index (χ4n) is 2.59. The maximum absolute atomic E-state index is 13.0. The first-order valence-corrected chi connectivity index (χ1v) is 8.82. The van der Waals surface area contributed by atoms with Gasteiger partial charge in [-0.05, 0) is 48.9 Å². The first-order valence-electron chi connectivity index (χ1n) is 7.69. The van der Waals surface area contributed by atoms with E-state index in [0.29, 0.717) is 27.2 Å². The van der Waals surface area contributed by atoms with Crippen molar-refractivity contribution in [2.45, 2.75) is 13.1 Å². The quantitative estimate of drug-likeness (QED) is 0.607. The summed E-state index contributed by atoms with van der Waals surface area (Å²) in [5, 5.41) is 2.54. The number of halogens is 6. The molecule has 0 atom stereocenters. The Kier molecular flexibility index (Phi) is 5.36. The average Bonchev–Trinajstić information content (AvgIpc) is 2.80. The highest BCUT2D eigenvalue weighted by molar-refractivity contribution is 6.53. The molecule has 0 fully saturated rings. The van der Waals surface area contributed by atoms with Crippen molar-refractivity contribution in [3.05, 3.63) is 68.3 Å². The molecule has 2 aromatic rings. The Morgan fingerprint density at radius 3 is 2.25 bits per heavy atom. The van der Waals surface area contributed by atoms with Gasteiger partial charge >= 0.3 is 6.18 Å². The third kappa shape index (κ3) is 3.70. The van der Waals surface area contributed by atoms with Crippen LogP contribution in [-0.2, 0) is 15.8 Å². The zero-order valence-corrected chi connectivity index (χ0v) is 16.3. The minimum absolute atomic E-state index is 0.205. The smallest absolute Gasteiger partial charge is 0.349 e. The van der Waals surface area contributed by atoms with Crippen LogP contribution in [0.25, 0.3) is 0 Å². The number of hydrogen-bond acceptors (Lipinski definition) is 3. The summed E-state index contributed by atoms with van der Waals surface area (Å²) in [5.74, 6) is -1.91. The highest BCUT2D eigenvalue weighted by atomic mass is 35.5. The predicted octanol–water partition coefficient (Wildman–Crippen LogP) is 5.76. The molecule has 0 spiro atoms. The van der Waals surface area contributed by atoms with Crippen LogP contribution in [0.4, 0.5) is 24.5 Å². The first-order chi connectivity index (χ1) is 13.0. The summed E-state index contributed by atoms with van der Waals surface area (Å²) >= 11 is 17.8. The second-order valence-corrected chi connectivity index (χ2v) is 7.10. The fraction of sp³-hybridized carbons (Fsp3) is 0.111. The van der Waals surface area contributed by atoms with E-state index in [1.165, 1.54) is 0 Å². The number of amides is 2. The zero-order chi connectivity index (χ0) is 20.8. The van der Waals surface area contributed by atoms with Crippen molar-refractivity contribution in [3.8, 4) is 0 Å². The van der Waals surface area contributed by atoms with Crippen molar-refractivity contribution in [3.63, 3.8) is 0 Å². The van der Waals surface area contributed by atoms with Crippen molar-refractivity contribution in [1.29, 1.82) is 0 Å². The van der Waals surface area contributed by atoms with E-state index in [-0.39, 0.29) is 10.7 Å². The monoisotopic (exact) mass is 448 g/mol. The Balaban J connectivity index is 2.00. The van der Waals surface area contributed by atoms with Crippen LogP contribution in [0.3, 0.4) is 0 Å². The summed E-state index contributed by atoms with van der Waals surface area (Å²) in [6.07, 6.45) is -4.68. The van der Waals surface area contributed by atoms with Gasteiger partial charge in [0.2, 0.25) is 0 Å². The molecule has 1 N–H and O–H groups in total. The molecule has 4 nitrogen and oxygen atoms in total. The fourth-order valence-corrected chi connectivity index (χ4v) is 3.23. The highest BCUT2D eigenvalue weighted by Gasteiger charge is 2.41. The Bertz CT molecular complexity index is 1040. The van der Waals surface area contributed by atoms with Gasteiger partial charge < -0.3 is 5.32 Å². The van der Waals surface area contributed by atoms with Gasteiger partial charge in [-0.3, -0.25) is 9.59 Å². The van der Waals surface area contributed by atoms with Crippen molar-refractivity contribution >= 4 is 58.0 Å². The maximum atomic E-state index is 13.0. The molecule has 0 radical (unpaired) electrons. The number of carbonyl (C=O) groups is 2. The van der Waals surface area contributed by atoms with Crippen molar-refractivity contribution in [2.24, 2.45) is 0 Å². The van der Waals surface area contributed by atoms with Gasteiger partial charge in [0, 0.05) is 10.7 Å². The molecule has 0 aliphatic carbocycles.